The van der Waals surface area contributed by atoms with Gasteiger partial charge in [-0.25, -0.2) is 4.39 Å². The zero-order valence-electron chi connectivity index (χ0n) is 11.1. The van der Waals surface area contributed by atoms with Crippen molar-refractivity contribution in [3.63, 3.8) is 0 Å². The molecule has 2 rings (SSSR count). The maximum absolute atomic E-state index is 13.3. The van der Waals surface area contributed by atoms with Crippen LogP contribution in [0, 0.1) is 11.7 Å². The van der Waals surface area contributed by atoms with E-state index in [-0.39, 0.29) is 11.7 Å². The predicted molar refractivity (Wildman–Crippen MR) is 70.6 cm³/mol. The Labute approximate surface area is 112 Å². The van der Waals surface area contributed by atoms with Gasteiger partial charge in [-0.1, -0.05) is 0 Å². The van der Waals surface area contributed by atoms with Crippen LogP contribution < -0.4 is 10.5 Å². The third-order valence-corrected chi connectivity index (χ3v) is 3.54. The largest absolute Gasteiger partial charge is 0.494 e. The van der Waals surface area contributed by atoms with Gasteiger partial charge in [0.15, 0.2) is 11.6 Å². The average molecular weight is 266 g/mol. The number of benzene rings is 1. The van der Waals surface area contributed by atoms with Crippen molar-refractivity contribution in [3.8, 4) is 5.75 Å². The Hall–Kier alpha value is -1.62. The summed E-state index contributed by atoms with van der Waals surface area (Å²) in [5, 5.41) is 0. The van der Waals surface area contributed by atoms with E-state index in [0.717, 1.165) is 19.4 Å². The van der Waals surface area contributed by atoms with Crippen LogP contribution in [0.2, 0.25) is 0 Å². The lowest BCUT2D eigenvalue weighted by molar-refractivity contribution is 0.0677. The van der Waals surface area contributed by atoms with Crippen molar-refractivity contribution in [1.82, 2.24) is 4.90 Å². The van der Waals surface area contributed by atoms with Crippen molar-refractivity contribution in [1.29, 1.82) is 0 Å². The first-order valence-corrected chi connectivity index (χ1v) is 6.48. The van der Waals surface area contributed by atoms with Gasteiger partial charge in [0.2, 0.25) is 0 Å². The number of ether oxygens (including phenoxy) is 1. The minimum Gasteiger partial charge on any atom is -0.494 e. The van der Waals surface area contributed by atoms with Crippen molar-refractivity contribution in [2.75, 3.05) is 26.7 Å². The summed E-state index contributed by atoms with van der Waals surface area (Å²) in [7, 11) is 1.39. The third-order valence-electron chi connectivity index (χ3n) is 3.54. The van der Waals surface area contributed by atoms with Crippen LogP contribution in [-0.4, -0.2) is 37.6 Å². The van der Waals surface area contributed by atoms with Crippen molar-refractivity contribution in [2.45, 2.75) is 12.8 Å². The van der Waals surface area contributed by atoms with E-state index in [1.54, 1.807) is 4.90 Å². The normalized spacial score (nSPS) is 19.3. The second kappa shape index (κ2) is 6.02. The fourth-order valence-electron chi connectivity index (χ4n) is 2.42. The van der Waals surface area contributed by atoms with Crippen LogP contribution in [0.4, 0.5) is 4.39 Å². The van der Waals surface area contributed by atoms with Crippen molar-refractivity contribution in [3.05, 3.63) is 29.6 Å². The molecule has 2 N–H and O–H groups in total. The lowest BCUT2D eigenvalue weighted by atomic mass is 9.97. The molecule has 1 heterocycles. The first-order chi connectivity index (χ1) is 9.15. The quantitative estimate of drug-likeness (QED) is 0.905. The molecule has 1 unspecified atom stereocenters. The molecule has 4 nitrogen and oxygen atoms in total. The molecule has 0 bridgehead atoms. The first kappa shape index (κ1) is 13.8. The second-order valence-electron chi connectivity index (χ2n) is 4.84. The minimum atomic E-state index is -0.461. The van der Waals surface area contributed by atoms with Gasteiger partial charge in [-0.2, -0.15) is 0 Å². The molecule has 1 atom stereocenters. The lowest BCUT2D eigenvalue weighted by Gasteiger charge is -2.32. The van der Waals surface area contributed by atoms with Gasteiger partial charge in [0.1, 0.15) is 0 Å². The van der Waals surface area contributed by atoms with Crippen molar-refractivity contribution >= 4 is 5.91 Å². The number of carbonyl (C=O) groups is 1. The molecular formula is C14H19FN2O2. The van der Waals surface area contributed by atoms with Crippen LogP contribution in [0.1, 0.15) is 23.2 Å². The Kier molecular flexibility index (Phi) is 4.37. The molecule has 0 aromatic heterocycles. The number of hydrogen-bond donors (Lipinski definition) is 1. The highest BCUT2D eigenvalue weighted by Gasteiger charge is 2.24. The zero-order valence-corrected chi connectivity index (χ0v) is 11.1. The van der Waals surface area contributed by atoms with E-state index in [4.69, 9.17) is 10.5 Å². The number of rotatable bonds is 3. The van der Waals surface area contributed by atoms with E-state index in [2.05, 4.69) is 0 Å². The van der Waals surface area contributed by atoms with Gasteiger partial charge >= 0.3 is 0 Å². The Balaban J connectivity index is 2.14. The highest BCUT2D eigenvalue weighted by molar-refractivity contribution is 5.94. The Morgan fingerprint density at radius 2 is 2.37 bits per heavy atom. The van der Waals surface area contributed by atoms with E-state index < -0.39 is 5.82 Å². The molecule has 1 saturated heterocycles. The van der Waals surface area contributed by atoms with Gasteiger partial charge in [0, 0.05) is 18.7 Å². The SMILES string of the molecule is COc1cc(C(=O)N2CCCC(CN)C2)ccc1F. The molecule has 1 aromatic carbocycles. The number of methoxy groups -OCH3 is 1. The number of amides is 1. The average Bonchev–Trinajstić information content (AvgIpc) is 2.47. The highest BCUT2D eigenvalue weighted by atomic mass is 19.1. The van der Waals surface area contributed by atoms with Crippen LogP contribution in [0.3, 0.4) is 0 Å². The maximum Gasteiger partial charge on any atom is 0.254 e. The monoisotopic (exact) mass is 266 g/mol. The molecule has 0 radical (unpaired) electrons. The molecule has 0 aliphatic carbocycles. The number of piperidine rings is 1. The summed E-state index contributed by atoms with van der Waals surface area (Å²) in [5.41, 5.74) is 6.12. The van der Waals surface area contributed by atoms with Gasteiger partial charge in [-0.15, -0.1) is 0 Å². The highest BCUT2D eigenvalue weighted by Crippen LogP contribution is 2.22. The van der Waals surface area contributed by atoms with Gasteiger partial charge < -0.3 is 15.4 Å². The van der Waals surface area contributed by atoms with E-state index in [9.17, 15) is 9.18 Å². The molecular weight excluding hydrogens is 247 g/mol. The molecule has 1 aliphatic rings. The van der Waals surface area contributed by atoms with Crippen LogP contribution >= 0.6 is 0 Å². The molecule has 1 fully saturated rings. The molecule has 104 valence electrons. The molecule has 19 heavy (non-hydrogen) atoms. The number of nitrogens with two attached hydrogens (primary N) is 1. The summed E-state index contributed by atoms with van der Waals surface area (Å²) < 4.78 is 18.2. The first-order valence-electron chi connectivity index (χ1n) is 6.48. The Morgan fingerprint density at radius 3 is 3.05 bits per heavy atom. The van der Waals surface area contributed by atoms with Crippen LogP contribution in [-0.2, 0) is 0 Å². The van der Waals surface area contributed by atoms with Crippen LogP contribution in [0.15, 0.2) is 18.2 Å². The van der Waals surface area contributed by atoms with E-state index in [1.807, 2.05) is 0 Å². The van der Waals surface area contributed by atoms with Gasteiger partial charge in [0.25, 0.3) is 5.91 Å². The van der Waals surface area contributed by atoms with E-state index in [1.165, 1.54) is 25.3 Å². The summed E-state index contributed by atoms with van der Waals surface area (Å²) in [6.07, 6.45) is 2.03. The summed E-state index contributed by atoms with van der Waals surface area (Å²) in [6, 6.07) is 4.20. The summed E-state index contributed by atoms with van der Waals surface area (Å²) in [4.78, 5) is 14.1. The number of likely N-dealkylation sites (tertiary alicyclic amines) is 1. The lowest BCUT2D eigenvalue weighted by Crippen LogP contribution is -2.42. The molecule has 0 saturated carbocycles. The maximum atomic E-state index is 13.3. The summed E-state index contributed by atoms with van der Waals surface area (Å²) in [6.45, 7) is 2.00. The predicted octanol–water partition coefficient (Wildman–Crippen LogP) is 1.65. The summed E-state index contributed by atoms with van der Waals surface area (Å²) >= 11 is 0. The number of carbonyl (C=O) groups excluding carboxylic acids is 1. The van der Waals surface area contributed by atoms with Gasteiger partial charge in [0.05, 0.1) is 7.11 Å². The van der Waals surface area contributed by atoms with Crippen molar-refractivity contribution < 1.29 is 13.9 Å². The fourth-order valence-corrected chi connectivity index (χ4v) is 2.42. The number of hydrogen-bond acceptors (Lipinski definition) is 3. The fraction of sp³-hybridized carbons (Fsp3) is 0.500. The second-order valence-corrected chi connectivity index (χ2v) is 4.84. The smallest absolute Gasteiger partial charge is 0.254 e. The van der Waals surface area contributed by atoms with E-state index >= 15 is 0 Å². The topological polar surface area (TPSA) is 55.6 Å². The number of nitrogens with zero attached hydrogens (tertiary/aromatic N) is 1. The molecule has 0 spiro atoms. The Bertz CT molecular complexity index is 465. The van der Waals surface area contributed by atoms with Crippen LogP contribution in [0.5, 0.6) is 5.75 Å². The molecule has 5 heteroatoms. The van der Waals surface area contributed by atoms with Crippen LogP contribution in [0.25, 0.3) is 0 Å². The standard InChI is InChI=1S/C14H19FN2O2/c1-19-13-7-11(4-5-12(13)15)14(18)17-6-2-3-10(8-16)9-17/h4-5,7,10H,2-3,6,8-9,16H2,1H3. The van der Waals surface area contributed by atoms with Gasteiger partial charge in [-0.3, -0.25) is 4.79 Å². The molecule has 1 aromatic rings. The zero-order chi connectivity index (χ0) is 13.8. The Morgan fingerprint density at radius 1 is 1.58 bits per heavy atom. The molecule has 1 aliphatic heterocycles. The molecule has 1 amide bonds. The number of halogens is 1. The van der Waals surface area contributed by atoms with Crippen molar-refractivity contribution in [2.24, 2.45) is 11.7 Å². The summed E-state index contributed by atoms with van der Waals surface area (Å²) in [5.74, 6) is -0.0905. The van der Waals surface area contributed by atoms with E-state index in [0.29, 0.717) is 24.6 Å². The van der Waals surface area contributed by atoms with Gasteiger partial charge in [-0.05, 0) is 43.5 Å². The minimum absolute atomic E-state index is 0.0866. The third kappa shape index (κ3) is 3.04.